The average molecular weight is 303 g/mol. The molecule has 0 saturated heterocycles. The Balaban J connectivity index is 3.32. The summed E-state index contributed by atoms with van der Waals surface area (Å²) in [5.41, 5.74) is -0.228. The van der Waals surface area contributed by atoms with Gasteiger partial charge in [0.1, 0.15) is 11.3 Å². The van der Waals surface area contributed by atoms with Crippen LogP contribution in [0.2, 0.25) is 0 Å². The van der Waals surface area contributed by atoms with Crippen molar-refractivity contribution < 1.29 is 28.2 Å². The monoisotopic (exact) mass is 303 g/mol. The molecule has 1 aromatic rings. The number of likely N-dealkylation sites (N-methyl/N-ethyl adjacent to an activating group) is 1. The average Bonchev–Trinajstić information content (AvgIpc) is 2.43. The minimum absolute atomic E-state index is 0.0483. The number of benzene rings is 1. The quantitative estimate of drug-likeness (QED) is 0.755. The molecule has 0 bridgehead atoms. The van der Waals surface area contributed by atoms with Crippen LogP contribution in [0.25, 0.3) is 0 Å². The summed E-state index contributed by atoms with van der Waals surface area (Å²) in [6, 6.07) is 3.63. The minimum Gasteiger partial charge on any atom is -0.496 e. The second-order valence-corrected chi connectivity index (χ2v) is 5.83. The molecule has 2 N–H and O–H groups in total. The lowest BCUT2D eigenvalue weighted by molar-refractivity contribution is 0.0693. The van der Waals surface area contributed by atoms with Crippen molar-refractivity contribution >= 4 is 16.0 Å². The van der Waals surface area contributed by atoms with Gasteiger partial charge in [-0.05, 0) is 18.2 Å². The van der Waals surface area contributed by atoms with Crippen molar-refractivity contribution in [2.45, 2.75) is 11.8 Å². The van der Waals surface area contributed by atoms with Crippen molar-refractivity contribution in [3.8, 4) is 5.75 Å². The van der Waals surface area contributed by atoms with E-state index in [-0.39, 0.29) is 35.9 Å². The molecule has 0 heterocycles. The molecule has 20 heavy (non-hydrogen) atoms. The Morgan fingerprint density at radius 2 is 2.05 bits per heavy atom. The molecule has 0 aromatic heterocycles. The van der Waals surface area contributed by atoms with Gasteiger partial charge < -0.3 is 14.9 Å². The second kappa shape index (κ2) is 6.69. The number of aliphatic hydroxyl groups is 1. The van der Waals surface area contributed by atoms with Gasteiger partial charge in [-0.1, -0.05) is 6.92 Å². The van der Waals surface area contributed by atoms with E-state index in [1.165, 1.54) is 19.2 Å². The van der Waals surface area contributed by atoms with E-state index in [2.05, 4.69) is 0 Å². The number of carboxylic acids is 1. The first-order chi connectivity index (χ1) is 9.38. The Bertz CT molecular complexity index is 584. The van der Waals surface area contributed by atoms with E-state index in [0.29, 0.717) is 0 Å². The van der Waals surface area contributed by atoms with Crippen molar-refractivity contribution in [1.82, 2.24) is 4.31 Å². The molecule has 0 aliphatic carbocycles. The molecule has 0 fully saturated rings. The number of aromatic carboxylic acids is 1. The summed E-state index contributed by atoms with van der Waals surface area (Å²) in [5, 5.41) is 17.9. The van der Waals surface area contributed by atoms with E-state index < -0.39 is 16.0 Å². The molecule has 8 heteroatoms. The van der Waals surface area contributed by atoms with Crippen LogP contribution in [-0.4, -0.2) is 55.7 Å². The molecule has 0 radical (unpaired) electrons. The van der Waals surface area contributed by atoms with E-state index in [9.17, 15) is 13.2 Å². The fourth-order valence-corrected chi connectivity index (χ4v) is 3.19. The van der Waals surface area contributed by atoms with Crippen LogP contribution in [0.1, 0.15) is 17.3 Å². The fraction of sp³-hybridized carbons (Fsp3) is 0.417. The van der Waals surface area contributed by atoms with E-state index >= 15 is 0 Å². The standard InChI is InChI=1S/C12H17NO6S/c1-3-13(6-7-14)20(17,18)9-4-5-11(19-2)10(8-9)12(15)16/h4-5,8,14H,3,6-7H2,1-2H3,(H,15,16). The van der Waals surface area contributed by atoms with Gasteiger partial charge in [0.2, 0.25) is 10.0 Å². The van der Waals surface area contributed by atoms with Crippen molar-refractivity contribution in [2.24, 2.45) is 0 Å². The first-order valence-corrected chi connectivity index (χ1v) is 7.34. The number of ether oxygens (including phenoxy) is 1. The van der Waals surface area contributed by atoms with Crippen molar-refractivity contribution in [3.05, 3.63) is 23.8 Å². The summed E-state index contributed by atoms with van der Waals surface area (Å²) in [4.78, 5) is 10.9. The van der Waals surface area contributed by atoms with E-state index in [1.807, 2.05) is 0 Å². The van der Waals surface area contributed by atoms with Gasteiger partial charge in [-0.2, -0.15) is 4.31 Å². The molecule has 0 saturated carbocycles. The molecule has 0 aliphatic rings. The first kappa shape index (κ1) is 16.4. The van der Waals surface area contributed by atoms with Gasteiger partial charge in [0.05, 0.1) is 18.6 Å². The van der Waals surface area contributed by atoms with Gasteiger partial charge in [0.15, 0.2) is 0 Å². The third kappa shape index (κ3) is 3.27. The highest BCUT2D eigenvalue weighted by atomic mass is 32.2. The molecule has 0 spiro atoms. The zero-order valence-corrected chi connectivity index (χ0v) is 12.1. The molecule has 0 unspecified atom stereocenters. The molecule has 1 aromatic carbocycles. The zero-order chi connectivity index (χ0) is 15.3. The van der Waals surface area contributed by atoms with Crippen molar-refractivity contribution in [2.75, 3.05) is 26.8 Å². The van der Waals surface area contributed by atoms with Gasteiger partial charge in [-0.25, -0.2) is 13.2 Å². The largest absolute Gasteiger partial charge is 0.496 e. The number of methoxy groups -OCH3 is 1. The second-order valence-electron chi connectivity index (χ2n) is 3.89. The van der Waals surface area contributed by atoms with E-state index in [4.69, 9.17) is 14.9 Å². The molecule has 0 amide bonds. The van der Waals surface area contributed by atoms with Crippen LogP contribution in [0, 0.1) is 0 Å². The Hall–Kier alpha value is -1.64. The fourth-order valence-electron chi connectivity index (χ4n) is 1.72. The summed E-state index contributed by atoms with van der Waals surface area (Å²) in [6.07, 6.45) is 0. The Kier molecular flexibility index (Phi) is 5.49. The molecule has 0 aliphatic heterocycles. The third-order valence-corrected chi connectivity index (χ3v) is 4.71. The lowest BCUT2D eigenvalue weighted by Crippen LogP contribution is -2.33. The highest BCUT2D eigenvalue weighted by Crippen LogP contribution is 2.24. The number of carbonyl (C=O) groups is 1. The summed E-state index contributed by atoms with van der Waals surface area (Å²) >= 11 is 0. The Morgan fingerprint density at radius 1 is 1.40 bits per heavy atom. The predicted octanol–water partition coefficient (Wildman–Crippen LogP) is 0.396. The first-order valence-electron chi connectivity index (χ1n) is 5.90. The van der Waals surface area contributed by atoms with Gasteiger partial charge >= 0.3 is 5.97 Å². The van der Waals surface area contributed by atoms with E-state index in [0.717, 1.165) is 10.4 Å². The normalized spacial score (nSPS) is 11.6. The molecular weight excluding hydrogens is 286 g/mol. The maximum Gasteiger partial charge on any atom is 0.339 e. The lowest BCUT2D eigenvalue weighted by atomic mass is 10.2. The smallest absolute Gasteiger partial charge is 0.339 e. The van der Waals surface area contributed by atoms with Crippen molar-refractivity contribution in [3.63, 3.8) is 0 Å². The molecule has 1 rings (SSSR count). The van der Waals surface area contributed by atoms with Gasteiger partial charge in [-0.3, -0.25) is 0 Å². The maximum absolute atomic E-state index is 12.3. The predicted molar refractivity (Wildman–Crippen MR) is 71.5 cm³/mol. The number of hydrogen-bond donors (Lipinski definition) is 2. The van der Waals surface area contributed by atoms with Crippen LogP contribution < -0.4 is 4.74 Å². The SMILES string of the molecule is CCN(CCO)S(=O)(=O)c1ccc(OC)c(C(=O)O)c1. The molecule has 7 nitrogen and oxygen atoms in total. The molecular formula is C12H17NO6S. The number of hydrogen-bond acceptors (Lipinski definition) is 5. The topological polar surface area (TPSA) is 104 Å². The Labute approximate surface area is 117 Å². The highest BCUT2D eigenvalue weighted by molar-refractivity contribution is 7.89. The maximum atomic E-state index is 12.3. The number of sulfonamides is 1. The minimum atomic E-state index is -3.84. The van der Waals surface area contributed by atoms with Crippen LogP contribution in [0.15, 0.2) is 23.1 Å². The summed E-state index contributed by atoms with van der Waals surface area (Å²) in [7, 11) is -2.53. The zero-order valence-electron chi connectivity index (χ0n) is 11.2. The number of aliphatic hydroxyl groups excluding tert-OH is 1. The van der Waals surface area contributed by atoms with Gasteiger partial charge in [0, 0.05) is 13.1 Å². The van der Waals surface area contributed by atoms with Gasteiger partial charge in [-0.15, -0.1) is 0 Å². The third-order valence-electron chi connectivity index (χ3n) is 2.74. The summed E-state index contributed by atoms with van der Waals surface area (Å²) in [5.74, 6) is -1.19. The Morgan fingerprint density at radius 3 is 2.50 bits per heavy atom. The number of nitrogens with zero attached hydrogens (tertiary/aromatic N) is 1. The number of carboxylic acid groups (broad SMARTS) is 1. The highest BCUT2D eigenvalue weighted by Gasteiger charge is 2.25. The lowest BCUT2D eigenvalue weighted by Gasteiger charge is -2.19. The van der Waals surface area contributed by atoms with Crippen molar-refractivity contribution in [1.29, 1.82) is 0 Å². The van der Waals surface area contributed by atoms with Crippen LogP contribution >= 0.6 is 0 Å². The van der Waals surface area contributed by atoms with Crippen LogP contribution in [0.5, 0.6) is 5.75 Å². The van der Waals surface area contributed by atoms with Crippen LogP contribution in [-0.2, 0) is 10.0 Å². The summed E-state index contributed by atoms with van der Waals surface area (Å²) < 4.78 is 30.6. The number of rotatable bonds is 7. The molecule has 112 valence electrons. The van der Waals surface area contributed by atoms with Crippen LogP contribution in [0.4, 0.5) is 0 Å². The van der Waals surface area contributed by atoms with Crippen LogP contribution in [0.3, 0.4) is 0 Å². The molecule has 0 atom stereocenters. The van der Waals surface area contributed by atoms with E-state index in [1.54, 1.807) is 6.92 Å². The van der Waals surface area contributed by atoms with Gasteiger partial charge in [0.25, 0.3) is 0 Å². The summed E-state index contributed by atoms with van der Waals surface area (Å²) in [6.45, 7) is 1.45.